The number of nitrogens with zero attached hydrogens (tertiary/aromatic N) is 1. The van der Waals surface area contributed by atoms with Crippen LogP contribution in [-0.4, -0.2) is 56.6 Å². The number of rotatable bonds is 6. The van der Waals surface area contributed by atoms with Crippen molar-refractivity contribution in [1.29, 1.82) is 0 Å². The zero-order valence-corrected chi connectivity index (χ0v) is 11.4. The summed E-state index contributed by atoms with van der Waals surface area (Å²) >= 11 is 0. The molecule has 1 aliphatic rings. The number of carboxylic acid groups (broad SMARTS) is 1. The van der Waals surface area contributed by atoms with Gasteiger partial charge in [0.2, 0.25) is 0 Å². The number of carboxylic acids is 1. The Morgan fingerprint density at radius 2 is 2.06 bits per heavy atom. The molecule has 0 saturated carbocycles. The van der Waals surface area contributed by atoms with E-state index in [2.05, 4.69) is 4.72 Å². The van der Waals surface area contributed by atoms with E-state index in [0.717, 1.165) is 0 Å². The molecule has 0 aliphatic carbocycles. The molecule has 1 aliphatic heterocycles. The minimum Gasteiger partial charge on any atom is -0.481 e. The summed E-state index contributed by atoms with van der Waals surface area (Å²) in [6.45, 7) is 2.49. The van der Waals surface area contributed by atoms with Gasteiger partial charge in [-0.05, 0) is 19.8 Å². The van der Waals surface area contributed by atoms with E-state index in [4.69, 9.17) is 9.84 Å². The summed E-state index contributed by atoms with van der Waals surface area (Å²) in [5, 5.41) is 8.84. The Bertz CT molecular complexity index is 376. The Kier molecular flexibility index (Phi) is 5.51. The third-order valence-corrected chi connectivity index (χ3v) is 4.66. The summed E-state index contributed by atoms with van der Waals surface area (Å²) in [6, 6.07) is -0.308. The van der Waals surface area contributed by atoms with Crippen LogP contribution in [0.5, 0.6) is 0 Å². The van der Waals surface area contributed by atoms with Crippen LogP contribution in [-0.2, 0) is 19.7 Å². The number of ether oxygens (including phenoxy) is 1. The second-order valence-electron chi connectivity index (χ2n) is 4.49. The van der Waals surface area contributed by atoms with Crippen LogP contribution in [0.2, 0.25) is 0 Å². The number of hydrogen-bond acceptors (Lipinski definition) is 4. The molecule has 0 amide bonds. The van der Waals surface area contributed by atoms with Crippen molar-refractivity contribution in [2.24, 2.45) is 5.92 Å². The largest absolute Gasteiger partial charge is 0.481 e. The molecule has 1 rings (SSSR count). The Labute approximate surface area is 107 Å². The highest BCUT2D eigenvalue weighted by molar-refractivity contribution is 7.87. The van der Waals surface area contributed by atoms with Gasteiger partial charge in [0.05, 0.1) is 12.5 Å². The molecule has 0 aromatic heterocycles. The van der Waals surface area contributed by atoms with Gasteiger partial charge in [0.15, 0.2) is 0 Å². The average Bonchev–Trinajstić information content (AvgIpc) is 2.28. The maximum absolute atomic E-state index is 12.0. The van der Waals surface area contributed by atoms with Crippen LogP contribution in [0.4, 0.5) is 0 Å². The van der Waals surface area contributed by atoms with Gasteiger partial charge in [-0.25, -0.2) is 0 Å². The van der Waals surface area contributed by atoms with Gasteiger partial charge in [-0.2, -0.15) is 17.4 Å². The van der Waals surface area contributed by atoms with Crippen LogP contribution in [0.1, 0.15) is 19.8 Å². The Hall–Kier alpha value is -0.700. The van der Waals surface area contributed by atoms with Crippen LogP contribution < -0.4 is 4.72 Å². The first-order chi connectivity index (χ1) is 8.36. The molecule has 1 heterocycles. The third-order valence-electron chi connectivity index (χ3n) is 2.91. The number of hydrogen-bond donors (Lipinski definition) is 2. The van der Waals surface area contributed by atoms with Crippen molar-refractivity contribution >= 4 is 16.2 Å². The first-order valence-electron chi connectivity index (χ1n) is 5.86. The lowest BCUT2D eigenvalue weighted by Crippen LogP contribution is -2.49. The molecule has 1 unspecified atom stereocenters. The van der Waals surface area contributed by atoms with Crippen molar-refractivity contribution < 1.29 is 23.1 Å². The number of aliphatic carboxylic acids is 1. The quantitative estimate of drug-likeness (QED) is 0.693. The minimum atomic E-state index is -3.54. The highest BCUT2D eigenvalue weighted by Crippen LogP contribution is 2.19. The molecule has 1 fully saturated rings. The fraction of sp³-hybridized carbons (Fsp3) is 0.900. The van der Waals surface area contributed by atoms with Gasteiger partial charge in [0.25, 0.3) is 10.2 Å². The maximum atomic E-state index is 12.0. The van der Waals surface area contributed by atoms with Crippen LogP contribution in [0, 0.1) is 5.92 Å². The monoisotopic (exact) mass is 280 g/mol. The standard InChI is InChI=1S/C10H20N2O5S/c1-8(7-17-2)11-18(15,16)12-5-3-9(4-6-12)10(13)14/h8-9,11H,3-7H2,1-2H3,(H,13,14). The van der Waals surface area contributed by atoms with E-state index < -0.39 is 22.1 Å². The molecule has 0 bridgehead atoms. The summed E-state index contributed by atoms with van der Waals surface area (Å²) < 4.78 is 32.6. The SMILES string of the molecule is COCC(C)NS(=O)(=O)N1CCC(C(=O)O)CC1. The number of methoxy groups -OCH3 is 1. The molecule has 106 valence electrons. The zero-order chi connectivity index (χ0) is 13.8. The summed E-state index contributed by atoms with van der Waals surface area (Å²) in [4.78, 5) is 10.8. The van der Waals surface area contributed by atoms with E-state index in [-0.39, 0.29) is 19.1 Å². The van der Waals surface area contributed by atoms with Crippen molar-refractivity contribution in [3.8, 4) is 0 Å². The van der Waals surface area contributed by atoms with Gasteiger partial charge < -0.3 is 9.84 Å². The van der Waals surface area contributed by atoms with Crippen molar-refractivity contribution in [2.45, 2.75) is 25.8 Å². The Morgan fingerprint density at radius 3 is 2.50 bits per heavy atom. The van der Waals surface area contributed by atoms with Gasteiger partial charge in [0.1, 0.15) is 0 Å². The third kappa shape index (κ3) is 4.20. The molecule has 0 aromatic rings. The first-order valence-corrected chi connectivity index (χ1v) is 7.30. The second kappa shape index (κ2) is 6.46. The van der Waals surface area contributed by atoms with Crippen molar-refractivity contribution in [3.05, 3.63) is 0 Å². The van der Waals surface area contributed by atoms with Crippen molar-refractivity contribution in [3.63, 3.8) is 0 Å². The van der Waals surface area contributed by atoms with E-state index >= 15 is 0 Å². The molecule has 1 saturated heterocycles. The van der Waals surface area contributed by atoms with Crippen molar-refractivity contribution in [1.82, 2.24) is 9.03 Å². The Morgan fingerprint density at radius 1 is 1.50 bits per heavy atom. The molecular formula is C10H20N2O5S. The average molecular weight is 280 g/mol. The van der Waals surface area contributed by atoms with Gasteiger partial charge >= 0.3 is 5.97 Å². The fourth-order valence-electron chi connectivity index (χ4n) is 1.96. The molecule has 7 nitrogen and oxygen atoms in total. The van der Waals surface area contributed by atoms with E-state index in [1.54, 1.807) is 6.92 Å². The second-order valence-corrected chi connectivity index (χ2v) is 6.19. The Balaban J connectivity index is 2.52. The molecule has 8 heteroatoms. The van der Waals surface area contributed by atoms with Crippen LogP contribution >= 0.6 is 0 Å². The lowest BCUT2D eigenvalue weighted by molar-refractivity contribution is -0.142. The molecule has 18 heavy (non-hydrogen) atoms. The molecular weight excluding hydrogens is 260 g/mol. The predicted octanol–water partition coefficient (Wildman–Crippen LogP) is -0.348. The number of carbonyl (C=O) groups is 1. The molecule has 0 aromatic carbocycles. The number of piperidine rings is 1. The van der Waals surface area contributed by atoms with Crippen molar-refractivity contribution in [2.75, 3.05) is 26.8 Å². The highest BCUT2D eigenvalue weighted by atomic mass is 32.2. The van der Waals surface area contributed by atoms with E-state index in [1.807, 2.05) is 0 Å². The molecule has 0 spiro atoms. The van der Waals surface area contributed by atoms with Crippen LogP contribution in [0.15, 0.2) is 0 Å². The smallest absolute Gasteiger partial charge is 0.306 e. The van der Waals surface area contributed by atoms with E-state index in [0.29, 0.717) is 19.4 Å². The highest BCUT2D eigenvalue weighted by Gasteiger charge is 2.31. The predicted molar refractivity (Wildman–Crippen MR) is 65.3 cm³/mol. The van der Waals surface area contributed by atoms with E-state index in [9.17, 15) is 13.2 Å². The van der Waals surface area contributed by atoms with Gasteiger partial charge in [-0.1, -0.05) is 0 Å². The minimum absolute atomic E-state index is 0.242. The topological polar surface area (TPSA) is 95.9 Å². The molecule has 1 atom stereocenters. The zero-order valence-electron chi connectivity index (χ0n) is 10.6. The molecule has 2 N–H and O–H groups in total. The van der Waals surface area contributed by atoms with Gasteiger partial charge in [-0.15, -0.1) is 0 Å². The fourth-order valence-corrected chi connectivity index (χ4v) is 3.37. The lowest BCUT2D eigenvalue weighted by atomic mass is 9.99. The van der Waals surface area contributed by atoms with E-state index in [1.165, 1.54) is 11.4 Å². The van der Waals surface area contributed by atoms with Gasteiger partial charge in [0, 0.05) is 26.2 Å². The normalized spacial score (nSPS) is 20.8. The maximum Gasteiger partial charge on any atom is 0.306 e. The van der Waals surface area contributed by atoms with Gasteiger partial charge in [-0.3, -0.25) is 4.79 Å². The summed E-state index contributed by atoms with van der Waals surface area (Å²) in [5.74, 6) is -1.29. The molecule has 0 radical (unpaired) electrons. The summed E-state index contributed by atoms with van der Waals surface area (Å²) in [5.41, 5.74) is 0. The number of nitrogens with one attached hydrogen (secondary N) is 1. The summed E-state index contributed by atoms with van der Waals surface area (Å²) in [7, 11) is -2.04. The van der Waals surface area contributed by atoms with Crippen LogP contribution in [0.3, 0.4) is 0 Å². The lowest BCUT2D eigenvalue weighted by Gasteiger charge is -2.30. The first kappa shape index (κ1) is 15.4. The van der Waals surface area contributed by atoms with Crippen LogP contribution in [0.25, 0.3) is 0 Å². The summed E-state index contributed by atoms with van der Waals surface area (Å²) in [6.07, 6.45) is 0.712.